The molecule has 0 aromatic heterocycles. The Morgan fingerprint density at radius 3 is 2.29 bits per heavy atom. The molecule has 0 radical (unpaired) electrons. The highest BCUT2D eigenvalue weighted by atomic mass is 16.3. The van der Waals surface area contributed by atoms with E-state index in [1.807, 2.05) is 30.3 Å². The normalized spacial score (nSPS) is 27.6. The molecule has 236 valence electrons. The lowest BCUT2D eigenvalue weighted by atomic mass is 9.47. The molecule has 0 heterocycles. The molecule has 1 amide bonds. The van der Waals surface area contributed by atoms with Gasteiger partial charge in [0.1, 0.15) is 22.8 Å². The minimum atomic E-state index is -2.71. The Morgan fingerprint density at radius 1 is 1.09 bits per heavy atom. The van der Waals surface area contributed by atoms with Crippen molar-refractivity contribution in [1.29, 1.82) is 5.26 Å². The van der Waals surface area contributed by atoms with Crippen LogP contribution in [0.1, 0.15) is 28.7 Å². The average Bonchev–Trinajstić information content (AvgIpc) is 2.93. The lowest BCUT2D eigenvalue weighted by Gasteiger charge is -2.58. The minimum Gasteiger partial charge on any atom is -0.509 e. The van der Waals surface area contributed by atoms with E-state index in [0.29, 0.717) is 23.4 Å². The largest absolute Gasteiger partial charge is 0.509 e. The van der Waals surface area contributed by atoms with Crippen molar-refractivity contribution in [2.45, 2.75) is 43.1 Å². The van der Waals surface area contributed by atoms with Crippen LogP contribution in [0.15, 0.2) is 53.3 Å². The third-order valence-electron chi connectivity index (χ3n) is 9.27. The highest BCUT2D eigenvalue weighted by Gasteiger charge is 2.74. The fourth-order valence-electron chi connectivity index (χ4n) is 7.41. The van der Waals surface area contributed by atoms with E-state index in [0.717, 1.165) is 5.56 Å². The molecule has 13 nitrogen and oxygen atoms in total. The van der Waals surface area contributed by atoms with Crippen LogP contribution in [0.2, 0.25) is 0 Å². The van der Waals surface area contributed by atoms with Crippen LogP contribution in [-0.2, 0) is 33.9 Å². The highest BCUT2D eigenvalue weighted by molar-refractivity contribution is 6.25. The molecule has 13 heteroatoms. The topological polar surface area (TPSA) is 232 Å². The van der Waals surface area contributed by atoms with Crippen molar-refractivity contribution in [3.05, 3.63) is 75.6 Å². The molecule has 1 saturated carbocycles. The van der Waals surface area contributed by atoms with Crippen LogP contribution in [0.25, 0.3) is 5.76 Å². The lowest BCUT2D eigenvalue weighted by Crippen LogP contribution is -2.80. The van der Waals surface area contributed by atoms with Crippen LogP contribution < -0.4 is 27.4 Å². The number of amides is 1. The summed E-state index contributed by atoms with van der Waals surface area (Å²) in [5, 5.41) is 48.6. The van der Waals surface area contributed by atoms with Gasteiger partial charge in [0.2, 0.25) is 0 Å². The molecule has 0 unspecified atom stereocenters. The smallest absolute Gasteiger partial charge is 0.255 e. The van der Waals surface area contributed by atoms with Gasteiger partial charge in [-0.2, -0.15) is 5.26 Å². The Balaban J connectivity index is 1.73. The average molecular weight is 616 g/mol. The molecule has 3 aliphatic carbocycles. The molecule has 0 aliphatic heterocycles. The number of nitrogens with two attached hydrogens (primary N) is 3. The maximum Gasteiger partial charge on any atom is 0.255 e. The summed E-state index contributed by atoms with van der Waals surface area (Å²) in [5.41, 5.74) is 13.8. The number of aliphatic hydroxyl groups is 2. The second kappa shape index (κ2) is 10.7. The predicted octanol–water partition coefficient (Wildman–Crippen LogP) is 0.261. The number of anilines is 1. The number of aliphatic hydroxyl groups excluding tert-OH is 2. The fraction of sp³-hybridized carbons (Fsp3) is 0.375. The van der Waals surface area contributed by atoms with E-state index >= 15 is 0 Å². The predicted molar refractivity (Wildman–Crippen MR) is 166 cm³/mol. The van der Waals surface area contributed by atoms with Crippen LogP contribution in [0.4, 0.5) is 5.69 Å². The number of primary amides is 1. The van der Waals surface area contributed by atoms with Crippen LogP contribution >= 0.6 is 0 Å². The van der Waals surface area contributed by atoms with Gasteiger partial charge in [0.15, 0.2) is 17.0 Å². The SMILES string of the molecule is CN(C)c1cc(CNCc2ccccc2)c(O)c2c1C[C@@]1(N)C[C@@]3(N)[C@H](N(C)C)C(=O)C(C(N)=O)=C(O)[C@@]3(C#N)C(=O)C1=C2O. The van der Waals surface area contributed by atoms with Gasteiger partial charge in [-0.25, -0.2) is 0 Å². The number of carbonyl (C=O) groups excluding carboxylic acids is 3. The first kappa shape index (κ1) is 31.7. The number of phenolic OH excluding ortho intramolecular Hbond substituents is 1. The summed E-state index contributed by atoms with van der Waals surface area (Å²) in [6, 6.07) is 11.7. The van der Waals surface area contributed by atoms with Crippen molar-refractivity contribution in [1.82, 2.24) is 10.2 Å². The number of Topliss-reactive ketones (excluding diaryl/α,β-unsaturated/α-hetero) is 2. The molecule has 0 bridgehead atoms. The zero-order valence-corrected chi connectivity index (χ0v) is 25.5. The van der Waals surface area contributed by atoms with E-state index < -0.39 is 69.1 Å². The van der Waals surface area contributed by atoms with E-state index in [9.17, 15) is 35.0 Å². The summed E-state index contributed by atoms with van der Waals surface area (Å²) < 4.78 is 0. The highest BCUT2D eigenvalue weighted by Crippen LogP contribution is 2.59. The van der Waals surface area contributed by atoms with Gasteiger partial charge in [-0.3, -0.25) is 19.3 Å². The zero-order chi connectivity index (χ0) is 33.2. The zero-order valence-electron chi connectivity index (χ0n) is 25.5. The standard InChI is InChI=1S/C32H37N7O6/c1-38(2)19-10-17(13-37-12-16-8-6-5-7-9-16)23(40)20-18(19)11-30(35)14-32(36)26(39(3)4)25(42)21(29(34)45)27(43)31(32,15-33)28(44)22(30)24(20)41/h5-10,26,37,40-41,43H,11-14,35-36H2,1-4H3,(H2,34,45)/t26-,30-,31+,32-/m1/s1. The van der Waals surface area contributed by atoms with Crippen LogP contribution in [0.5, 0.6) is 5.75 Å². The Morgan fingerprint density at radius 2 is 1.73 bits per heavy atom. The van der Waals surface area contributed by atoms with Gasteiger partial charge < -0.3 is 42.7 Å². The van der Waals surface area contributed by atoms with Crippen molar-refractivity contribution in [2.24, 2.45) is 22.6 Å². The number of carbonyl (C=O) groups is 3. The second-order valence-electron chi connectivity index (χ2n) is 12.5. The van der Waals surface area contributed by atoms with Crippen molar-refractivity contribution < 1.29 is 29.7 Å². The number of rotatable bonds is 7. The number of phenols is 1. The summed E-state index contributed by atoms with van der Waals surface area (Å²) in [7, 11) is 6.51. The molecular formula is C32H37N7O6. The van der Waals surface area contributed by atoms with E-state index in [4.69, 9.17) is 17.2 Å². The number of nitriles is 1. The number of ketones is 2. The van der Waals surface area contributed by atoms with Crippen molar-refractivity contribution in [3.63, 3.8) is 0 Å². The Bertz CT molecular complexity index is 1740. The number of benzene rings is 2. The molecule has 0 spiro atoms. The third-order valence-corrected chi connectivity index (χ3v) is 9.27. The maximum atomic E-state index is 14.6. The minimum absolute atomic E-state index is 0.0469. The third kappa shape index (κ3) is 4.32. The van der Waals surface area contributed by atoms with Gasteiger partial charge in [-0.15, -0.1) is 0 Å². The van der Waals surface area contributed by atoms with Crippen molar-refractivity contribution >= 4 is 28.9 Å². The number of nitrogens with one attached hydrogen (secondary N) is 1. The van der Waals surface area contributed by atoms with Gasteiger partial charge in [-0.05, 0) is 44.1 Å². The van der Waals surface area contributed by atoms with Crippen molar-refractivity contribution in [2.75, 3.05) is 33.1 Å². The van der Waals surface area contributed by atoms with E-state index in [2.05, 4.69) is 5.32 Å². The van der Waals surface area contributed by atoms with Crippen LogP contribution in [0, 0.1) is 16.7 Å². The molecule has 2 aromatic rings. The number of nitrogens with zero attached hydrogens (tertiary/aromatic N) is 3. The number of aromatic hydroxyl groups is 1. The van der Waals surface area contributed by atoms with Crippen molar-refractivity contribution in [3.8, 4) is 11.8 Å². The number of fused-ring (bicyclic) bond motifs is 3. The summed E-state index contributed by atoms with van der Waals surface area (Å²) in [5.74, 6) is -5.64. The molecule has 2 aromatic carbocycles. The van der Waals surface area contributed by atoms with E-state index in [-0.39, 0.29) is 24.3 Å². The fourth-order valence-corrected chi connectivity index (χ4v) is 7.41. The maximum absolute atomic E-state index is 14.6. The van der Waals surface area contributed by atoms with Crippen LogP contribution in [-0.4, -0.2) is 83.0 Å². The lowest BCUT2D eigenvalue weighted by molar-refractivity contribution is -0.139. The van der Waals surface area contributed by atoms with Gasteiger partial charge in [0.25, 0.3) is 5.91 Å². The first-order chi connectivity index (χ1) is 21.1. The quantitative estimate of drug-likeness (QED) is 0.208. The van der Waals surface area contributed by atoms with Gasteiger partial charge in [-0.1, -0.05) is 30.3 Å². The molecule has 3 aliphatic rings. The van der Waals surface area contributed by atoms with E-state index in [1.165, 1.54) is 19.0 Å². The first-order valence-electron chi connectivity index (χ1n) is 14.3. The molecule has 1 fully saturated rings. The molecular weight excluding hydrogens is 578 g/mol. The van der Waals surface area contributed by atoms with Gasteiger partial charge in [0.05, 0.1) is 34.3 Å². The monoisotopic (exact) mass is 615 g/mol. The molecule has 10 N–H and O–H groups in total. The Kier molecular flexibility index (Phi) is 7.54. The Labute approximate surface area is 260 Å². The summed E-state index contributed by atoms with van der Waals surface area (Å²) in [4.78, 5) is 43.7. The van der Waals surface area contributed by atoms with E-state index in [1.54, 1.807) is 31.1 Å². The molecule has 5 rings (SSSR count). The number of hydrogen-bond donors (Lipinski definition) is 7. The molecule has 45 heavy (non-hydrogen) atoms. The molecule has 4 atom stereocenters. The van der Waals surface area contributed by atoms with Gasteiger partial charge >= 0.3 is 0 Å². The number of likely N-dealkylation sites (N-methyl/N-ethyl adjacent to an activating group) is 1. The summed E-state index contributed by atoms with van der Waals surface area (Å²) in [6.45, 7) is 0.695. The first-order valence-corrected chi connectivity index (χ1v) is 14.3. The second-order valence-corrected chi connectivity index (χ2v) is 12.5. The number of hydrogen-bond acceptors (Lipinski definition) is 12. The summed E-state index contributed by atoms with van der Waals surface area (Å²) >= 11 is 0. The summed E-state index contributed by atoms with van der Waals surface area (Å²) in [6.07, 6.45) is -0.551. The Hall–Kier alpha value is -4.74. The van der Waals surface area contributed by atoms with Crippen LogP contribution in [0.3, 0.4) is 0 Å². The van der Waals surface area contributed by atoms with Gasteiger partial charge in [0, 0.05) is 38.4 Å². The molecule has 0 saturated heterocycles.